The minimum Gasteiger partial charge on any atom is -0.496 e. The molecule has 6 nitrogen and oxygen atoms in total. The summed E-state index contributed by atoms with van der Waals surface area (Å²) in [6.45, 7) is 4.18. The summed E-state index contributed by atoms with van der Waals surface area (Å²) in [4.78, 5) is 34.2. The molecule has 0 fully saturated rings. The Labute approximate surface area is 163 Å². The zero-order valence-corrected chi connectivity index (χ0v) is 16.0. The highest BCUT2D eigenvalue weighted by Gasteiger charge is 2.11. The van der Waals surface area contributed by atoms with Crippen LogP contribution in [0.3, 0.4) is 0 Å². The van der Waals surface area contributed by atoms with E-state index in [9.17, 15) is 14.4 Å². The molecule has 2 rings (SSSR count). The van der Waals surface area contributed by atoms with Crippen molar-refractivity contribution in [3.05, 3.63) is 65.2 Å². The maximum Gasteiger partial charge on any atom is 0.322 e. The van der Waals surface area contributed by atoms with Gasteiger partial charge in [-0.3, -0.25) is 14.4 Å². The Bertz CT molecular complexity index is 894. The molecule has 1 N–H and O–H groups in total. The van der Waals surface area contributed by atoms with Gasteiger partial charge in [-0.1, -0.05) is 19.9 Å². The third kappa shape index (κ3) is 5.81. The zero-order chi connectivity index (χ0) is 20.7. The highest BCUT2D eigenvalue weighted by molar-refractivity contribution is 6.07. The number of carboxylic acid groups (broad SMARTS) is 1. The number of hydrogen-bond acceptors (Lipinski definition) is 5. The molecule has 0 atom stereocenters. The molecule has 0 radical (unpaired) electrons. The van der Waals surface area contributed by atoms with E-state index in [2.05, 4.69) is 13.8 Å². The van der Waals surface area contributed by atoms with E-state index in [1.54, 1.807) is 13.2 Å². The molecule has 146 valence electrons. The Morgan fingerprint density at radius 3 is 2.32 bits per heavy atom. The van der Waals surface area contributed by atoms with Gasteiger partial charge in [-0.25, -0.2) is 0 Å². The molecule has 0 bridgehead atoms. The monoisotopic (exact) mass is 382 g/mol. The van der Waals surface area contributed by atoms with Gasteiger partial charge in [0.2, 0.25) is 0 Å². The summed E-state index contributed by atoms with van der Waals surface area (Å²) in [6, 6.07) is 11.8. The number of carbonyl (C=O) groups is 3. The Morgan fingerprint density at radius 1 is 1.07 bits per heavy atom. The number of ether oxygens (including phenoxy) is 2. The molecule has 0 saturated carbocycles. The van der Waals surface area contributed by atoms with Crippen LogP contribution in [0.4, 0.5) is 0 Å². The normalized spacial score (nSPS) is 10.9. The zero-order valence-electron chi connectivity index (χ0n) is 16.0. The lowest BCUT2D eigenvalue weighted by Gasteiger charge is -2.10. The molecule has 0 spiro atoms. The van der Waals surface area contributed by atoms with Crippen molar-refractivity contribution >= 4 is 23.8 Å². The van der Waals surface area contributed by atoms with E-state index >= 15 is 0 Å². The van der Waals surface area contributed by atoms with Crippen molar-refractivity contribution in [2.75, 3.05) is 7.11 Å². The summed E-state index contributed by atoms with van der Waals surface area (Å²) in [7, 11) is 1.58. The minimum atomic E-state index is -1.26. The number of rotatable bonds is 8. The average Bonchev–Trinajstić information content (AvgIpc) is 2.65. The summed E-state index contributed by atoms with van der Waals surface area (Å²) in [6.07, 6.45) is 2.43. The highest BCUT2D eigenvalue weighted by atomic mass is 16.5. The van der Waals surface area contributed by atoms with Crippen LogP contribution in [0.15, 0.2) is 48.5 Å². The Balaban J connectivity index is 2.11. The maximum absolute atomic E-state index is 12.4. The van der Waals surface area contributed by atoms with Crippen LogP contribution >= 0.6 is 0 Å². The smallest absolute Gasteiger partial charge is 0.322 e. The quantitative estimate of drug-likeness (QED) is 0.243. The predicted molar refractivity (Wildman–Crippen MR) is 105 cm³/mol. The van der Waals surface area contributed by atoms with Crippen LogP contribution in [0.5, 0.6) is 11.5 Å². The fraction of sp³-hybridized carbons (Fsp3) is 0.227. The van der Waals surface area contributed by atoms with Gasteiger partial charge in [-0.15, -0.1) is 0 Å². The lowest BCUT2D eigenvalue weighted by atomic mass is 9.99. The van der Waals surface area contributed by atoms with Gasteiger partial charge in [0.25, 0.3) is 0 Å². The van der Waals surface area contributed by atoms with Gasteiger partial charge in [0.05, 0.1) is 7.11 Å². The van der Waals surface area contributed by atoms with Gasteiger partial charge in [0, 0.05) is 11.1 Å². The predicted octanol–water partition coefficient (Wildman–Crippen LogP) is 4.09. The van der Waals surface area contributed by atoms with Crippen LogP contribution in [0.2, 0.25) is 0 Å². The standard InChI is InChI=1S/C22H22O6/c1-14(2)16-7-11-20(27-3)17(12-16)6-10-19(23)15-4-8-18(9-5-15)28-22(26)13-21(24)25/h4-12,14H,13H2,1-3H3,(H,24,25)/b10-6+. The van der Waals surface area contributed by atoms with Gasteiger partial charge >= 0.3 is 11.9 Å². The number of carbonyl (C=O) groups excluding carboxylic acids is 2. The number of benzene rings is 2. The molecule has 6 heteroatoms. The third-order valence-electron chi connectivity index (χ3n) is 4.00. The maximum atomic E-state index is 12.4. The first-order valence-electron chi connectivity index (χ1n) is 8.73. The molecule has 0 unspecified atom stereocenters. The molecule has 0 aliphatic rings. The highest BCUT2D eigenvalue weighted by Crippen LogP contribution is 2.25. The first-order valence-corrected chi connectivity index (χ1v) is 8.73. The second-order valence-corrected chi connectivity index (χ2v) is 6.42. The first kappa shape index (κ1) is 20.9. The minimum absolute atomic E-state index is 0.179. The van der Waals surface area contributed by atoms with Crippen LogP contribution in [0.1, 0.15) is 47.7 Å². The first-order chi connectivity index (χ1) is 13.3. The molecule has 0 aliphatic carbocycles. The molecular formula is C22H22O6. The Hall–Kier alpha value is -3.41. The van der Waals surface area contributed by atoms with Crippen molar-refractivity contribution in [3.63, 3.8) is 0 Å². The fourth-order valence-electron chi connectivity index (χ4n) is 2.48. The molecular weight excluding hydrogens is 360 g/mol. The second-order valence-electron chi connectivity index (χ2n) is 6.42. The SMILES string of the molecule is COc1ccc(C(C)C)cc1/C=C/C(=O)c1ccc(OC(=O)CC(=O)O)cc1. The van der Waals surface area contributed by atoms with E-state index in [-0.39, 0.29) is 11.5 Å². The molecule has 0 saturated heterocycles. The van der Waals surface area contributed by atoms with Crippen LogP contribution < -0.4 is 9.47 Å². The van der Waals surface area contributed by atoms with Gasteiger partial charge in [0.1, 0.15) is 17.9 Å². The summed E-state index contributed by atoms with van der Waals surface area (Å²) in [5.41, 5.74) is 2.36. The lowest BCUT2D eigenvalue weighted by molar-refractivity contribution is -0.145. The van der Waals surface area contributed by atoms with Gasteiger partial charge in [-0.2, -0.15) is 0 Å². The van der Waals surface area contributed by atoms with Crippen molar-refractivity contribution < 1.29 is 29.0 Å². The molecule has 0 heterocycles. The average molecular weight is 382 g/mol. The molecule has 0 amide bonds. The van der Waals surface area contributed by atoms with E-state index in [4.69, 9.17) is 14.6 Å². The number of methoxy groups -OCH3 is 1. The van der Waals surface area contributed by atoms with E-state index in [1.165, 1.54) is 30.3 Å². The summed E-state index contributed by atoms with van der Waals surface area (Å²) in [5.74, 6) is -1.15. The van der Waals surface area contributed by atoms with E-state index in [0.29, 0.717) is 17.2 Å². The van der Waals surface area contributed by atoms with Crippen LogP contribution in [-0.4, -0.2) is 29.9 Å². The van der Waals surface area contributed by atoms with Crippen LogP contribution in [0.25, 0.3) is 6.08 Å². The largest absolute Gasteiger partial charge is 0.496 e. The van der Waals surface area contributed by atoms with Gasteiger partial charge < -0.3 is 14.6 Å². The number of hydrogen-bond donors (Lipinski definition) is 1. The number of esters is 1. The Morgan fingerprint density at radius 2 is 1.75 bits per heavy atom. The molecule has 2 aromatic carbocycles. The third-order valence-corrected chi connectivity index (χ3v) is 4.00. The number of ketones is 1. The second kappa shape index (κ2) is 9.50. The van der Waals surface area contributed by atoms with Crippen molar-refractivity contribution in [1.82, 2.24) is 0 Å². The Kier molecular flexibility index (Phi) is 7.09. The van der Waals surface area contributed by atoms with Crippen LogP contribution in [0, 0.1) is 0 Å². The molecule has 2 aromatic rings. The van der Waals surface area contributed by atoms with E-state index < -0.39 is 18.4 Å². The van der Waals surface area contributed by atoms with E-state index in [1.807, 2.05) is 18.2 Å². The van der Waals surface area contributed by atoms with Gasteiger partial charge in [-0.05, 0) is 60.0 Å². The summed E-state index contributed by atoms with van der Waals surface area (Å²) in [5, 5.41) is 8.55. The molecule has 28 heavy (non-hydrogen) atoms. The van der Waals surface area contributed by atoms with Crippen molar-refractivity contribution in [2.24, 2.45) is 0 Å². The number of carboxylic acids is 1. The fourth-order valence-corrected chi connectivity index (χ4v) is 2.48. The molecule has 0 aliphatic heterocycles. The van der Waals surface area contributed by atoms with Crippen molar-refractivity contribution in [1.29, 1.82) is 0 Å². The summed E-state index contributed by atoms with van der Waals surface area (Å²) < 4.78 is 10.2. The van der Waals surface area contributed by atoms with Crippen LogP contribution in [-0.2, 0) is 9.59 Å². The molecule has 0 aromatic heterocycles. The number of aliphatic carboxylic acids is 1. The lowest BCUT2D eigenvalue weighted by Crippen LogP contribution is -2.13. The van der Waals surface area contributed by atoms with E-state index in [0.717, 1.165) is 11.1 Å². The topological polar surface area (TPSA) is 89.9 Å². The van der Waals surface area contributed by atoms with Gasteiger partial charge in [0.15, 0.2) is 5.78 Å². The number of allylic oxidation sites excluding steroid dienone is 1. The van der Waals surface area contributed by atoms with Crippen molar-refractivity contribution in [2.45, 2.75) is 26.2 Å². The summed E-state index contributed by atoms with van der Waals surface area (Å²) >= 11 is 0. The van der Waals surface area contributed by atoms with Crippen molar-refractivity contribution in [3.8, 4) is 11.5 Å².